The number of benzene rings is 4. The molecule has 0 heterocycles. The van der Waals surface area contributed by atoms with Gasteiger partial charge in [0.15, 0.2) is 0 Å². The normalized spacial score (nSPS) is 12.5. The first-order chi connectivity index (χ1) is 20.8. The zero-order chi connectivity index (χ0) is 31.0. The number of halogens is 8. The average molecular weight is 1130 g/mol. The molecule has 2 aliphatic carbocycles. The summed E-state index contributed by atoms with van der Waals surface area (Å²) in [5.41, 5.74) is 11.5. The number of rotatable bonds is 8. The Morgan fingerprint density at radius 2 is 0.800 bits per heavy atom. The smallest absolute Gasteiger partial charge is 0.870 e. The van der Waals surface area contributed by atoms with Crippen LogP contribution in [0, 0.1) is 0 Å². The molecule has 45 heavy (non-hydrogen) atoms. The molecule has 0 saturated heterocycles. The maximum atomic E-state index is 3.68. The maximum Gasteiger partial charge on any atom is 1.00 e. The Morgan fingerprint density at radius 1 is 0.467 bits per heavy atom. The predicted octanol–water partition coefficient (Wildman–Crippen LogP) is 11.6. The first kappa shape index (κ1) is 42.8. The summed E-state index contributed by atoms with van der Waals surface area (Å²) in [6, 6.07) is 26.6. The molecule has 10 heteroatoms. The van der Waals surface area contributed by atoms with Gasteiger partial charge in [0.25, 0.3) is 0 Å². The first-order valence-electron chi connectivity index (χ1n) is 14.2. The molecule has 2 aliphatic rings. The van der Waals surface area contributed by atoms with Crippen molar-refractivity contribution in [3.8, 4) is 22.3 Å². The van der Waals surface area contributed by atoms with Crippen LogP contribution in [-0.4, -0.2) is 26.8 Å². The van der Waals surface area contributed by atoms with Crippen LogP contribution in [-0.2, 0) is 11.8 Å². The van der Waals surface area contributed by atoms with Crippen LogP contribution in [0.15, 0.2) is 90.7 Å². The molecule has 0 saturated carbocycles. The fourth-order valence-corrected chi connectivity index (χ4v) is 9.45. The molecule has 0 radical (unpaired) electrons. The fraction of sp³-hybridized carbons (Fsp3) is 0.314. The van der Waals surface area contributed by atoms with Gasteiger partial charge in [0.2, 0.25) is 0 Å². The monoisotopic (exact) mass is 1120 g/mol. The van der Waals surface area contributed by atoms with Gasteiger partial charge in [-0.3, -0.25) is 0 Å². The Kier molecular flexibility index (Phi) is 20.1. The standard InChI is InChI=1S/C19H18Br4.C13H8Br2.C3H6Br2.Na.H2O/c20-9-1-7-19(8-2-10-21)17-11-13(22)3-5-15(17)16-6-4-14(23)12-18(16)19;14-10-1-3-12-8(6-10)5-9-7-11(15)2-4-13(9)12;4-2-1-3-5;;/h3-6,11-12H,1-2,7-10H2;1-4,6-7H,5H2;1-3H2;;1H2/q;;;+1;/p-1. The van der Waals surface area contributed by atoms with Gasteiger partial charge < -0.3 is 5.48 Å². The van der Waals surface area contributed by atoms with Crippen molar-refractivity contribution in [2.24, 2.45) is 0 Å². The van der Waals surface area contributed by atoms with E-state index in [0.29, 0.717) is 0 Å². The van der Waals surface area contributed by atoms with Crippen LogP contribution in [0.3, 0.4) is 0 Å². The Bertz CT molecular complexity index is 1430. The van der Waals surface area contributed by atoms with E-state index in [1.807, 2.05) is 0 Å². The van der Waals surface area contributed by atoms with E-state index >= 15 is 0 Å². The summed E-state index contributed by atoms with van der Waals surface area (Å²) in [7, 11) is 0. The Balaban J connectivity index is 0.000000276. The molecule has 236 valence electrons. The molecule has 0 bridgehead atoms. The van der Waals surface area contributed by atoms with Gasteiger partial charge in [-0.2, -0.15) is 0 Å². The molecular weight excluding hydrogens is 1100 g/mol. The van der Waals surface area contributed by atoms with Crippen LogP contribution in [0.25, 0.3) is 22.3 Å². The van der Waals surface area contributed by atoms with Crippen molar-refractivity contribution in [3.05, 3.63) is 113 Å². The molecule has 0 unspecified atom stereocenters. The molecular formula is C35H33Br8NaO. The van der Waals surface area contributed by atoms with Crippen molar-refractivity contribution in [2.75, 3.05) is 21.3 Å². The van der Waals surface area contributed by atoms with Gasteiger partial charge in [0.1, 0.15) is 0 Å². The number of fused-ring (bicyclic) bond motifs is 6. The summed E-state index contributed by atoms with van der Waals surface area (Å²) in [6.07, 6.45) is 6.99. The Hall–Kier alpha value is 1.68. The van der Waals surface area contributed by atoms with Crippen LogP contribution in [0.2, 0.25) is 0 Å². The number of hydrogen-bond acceptors (Lipinski definition) is 1. The van der Waals surface area contributed by atoms with Crippen molar-refractivity contribution in [2.45, 2.75) is 43.9 Å². The Morgan fingerprint density at radius 3 is 1.13 bits per heavy atom. The SMILES string of the molecule is BrCCCBr.BrCCCC1(CCCBr)c2cc(Br)ccc2-c2ccc(Br)cc21.Brc1ccc2c(c1)Cc1cc(Br)ccc1-2.[Na+].[OH-]. The van der Waals surface area contributed by atoms with E-state index < -0.39 is 0 Å². The summed E-state index contributed by atoms with van der Waals surface area (Å²) < 4.78 is 4.66. The van der Waals surface area contributed by atoms with Crippen molar-refractivity contribution in [3.63, 3.8) is 0 Å². The van der Waals surface area contributed by atoms with Gasteiger partial charge in [-0.25, -0.2) is 0 Å². The summed E-state index contributed by atoms with van der Waals surface area (Å²) in [5.74, 6) is 0. The van der Waals surface area contributed by atoms with Gasteiger partial charge in [0, 0.05) is 44.6 Å². The van der Waals surface area contributed by atoms with Gasteiger partial charge in [-0.1, -0.05) is 152 Å². The van der Waals surface area contributed by atoms with Gasteiger partial charge >= 0.3 is 29.6 Å². The van der Waals surface area contributed by atoms with E-state index in [2.05, 4.69) is 200 Å². The summed E-state index contributed by atoms with van der Waals surface area (Å²) >= 11 is 28.2. The van der Waals surface area contributed by atoms with E-state index in [9.17, 15) is 0 Å². The van der Waals surface area contributed by atoms with Crippen molar-refractivity contribution in [1.82, 2.24) is 0 Å². The van der Waals surface area contributed by atoms with Crippen LogP contribution in [0.4, 0.5) is 0 Å². The Labute approximate surface area is 357 Å². The molecule has 0 amide bonds. The summed E-state index contributed by atoms with van der Waals surface area (Å²) in [5, 5.41) is 4.32. The molecule has 0 aliphatic heterocycles. The predicted molar refractivity (Wildman–Crippen MR) is 218 cm³/mol. The van der Waals surface area contributed by atoms with E-state index in [4.69, 9.17) is 0 Å². The van der Waals surface area contributed by atoms with E-state index in [-0.39, 0.29) is 40.4 Å². The second-order valence-corrected chi connectivity index (χ2v) is 17.4. The topological polar surface area (TPSA) is 30.0 Å². The third-order valence-corrected chi connectivity index (χ3v) is 12.0. The largest absolute Gasteiger partial charge is 1.00 e. The zero-order valence-corrected chi connectivity index (χ0v) is 39.7. The van der Waals surface area contributed by atoms with Crippen LogP contribution < -0.4 is 29.6 Å². The number of hydrogen-bond donors (Lipinski definition) is 0. The zero-order valence-electron chi connectivity index (χ0n) is 25.0. The quantitative estimate of drug-likeness (QED) is 0.112. The molecule has 0 fully saturated rings. The van der Waals surface area contributed by atoms with Crippen LogP contribution in [0.1, 0.15) is 54.4 Å². The first-order valence-corrected chi connectivity index (χ1v) is 21.8. The summed E-state index contributed by atoms with van der Waals surface area (Å²) in [4.78, 5) is 0. The molecule has 0 aromatic heterocycles. The second-order valence-electron chi connectivity index (χ2n) is 10.6. The van der Waals surface area contributed by atoms with Gasteiger partial charge in [-0.15, -0.1) is 0 Å². The second kappa shape index (κ2) is 21.1. The minimum Gasteiger partial charge on any atom is -0.870 e. The van der Waals surface area contributed by atoms with Crippen molar-refractivity contribution < 1.29 is 35.0 Å². The maximum absolute atomic E-state index is 3.68. The molecule has 1 nitrogen and oxygen atoms in total. The van der Waals surface area contributed by atoms with Crippen LogP contribution in [0.5, 0.6) is 0 Å². The minimum atomic E-state index is 0. The third-order valence-electron chi connectivity index (χ3n) is 7.83. The number of alkyl halides is 4. The fourth-order valence-electron chi connectivity index (χ4n) is 6.04. The van der Waals surface area contributed by atoms with Gasteiger partial charge in [0.05, 0.1) is 0 Å². The molecule has 0 atom stereocenters. The molecule has 4 aromatic rings. The molecule has 1 N–H and O–H groups in total. The van der Waals surface area contributed by atoms with E-state index in [1.165, 1.54) is 85.6 Å². The minimum absolute atomic E-state index is 0. The molecule has 6 rings (SSSR count). The van der Waals surface area contributed by atoms with E-state index in [0.717, 1.165) is 36.7 Å². The van der Waals surface area contributed by atoms with E-state index in [1.54, 1.807) is 0 Å². The van der Waals surface area contributed by atoms with Crippen LogP contribution >= 0.6 is 127 Å². The molecule has 4 aromatic carbocycles. The van der Waals surface area contributed by atoms with Crippen molar-refractivity contribution >= 4 is 127 Å². The van der Waals surface area contributed by atoms with Gasteiger partial charge in [-0.05, 0) is 132 Å². The third kappa shape index (κ3) is 10.8. The summed E-state index contributed by atoms with van der Waals surface area (Å²) in [6.45, 7) is 0. The van der Waals surface area contributed by atoms with Crippen molar-refractivity contribution in [1.29, 1.82) is 0 Å². The molecule has 0 spiro atoms. The average Bonchev–Trinajstić information content (AvgIpc) is 3.47.